The highest BCUT2D eigenvalue weighted by Gasteiger charge is 2.32. The van der Waals surface area contributed by atoms with Gasteiger partial charge in [0.15, 0.2) is 5.82 Å². The molecule has 6 heteroatoms. The third-order valence-electron chi connectivity index (χ3n) is 3.39. The Hall–Kier alpha value is -1.56. The molecule has 1 saturated heterocycles. The van der Waals surface area contributed by atoms with Crippen LogP contribution in [-0.4, -0.2) is 46.3 Å². The molecule has 1 fully saturated rings. The first-order valence-corrected chi connectivity index (χ1v) is 6.27. The van der Waals surface area contributed by atoms with E-state index in [-0.39, 0.29) is 23.9 Å². The fourth-order valence-electron chi connectivity index (χ4n) is 2.29. The number of hydrogen-bond acceptors (Lipinski definition) is 4. The predicted octanol–water partition coefficient (Wildman–Crippen LogP) is 0.940. The number of rotatable bonds is 2. The second kappa shape index (κ2) is 4.97. The zero-order valence-electron chi connectivity index (χ0n) is 11.1. The highest BCUT2D eigenvalue weighted by atomic mass is 16.5. The molecule has 0 radical (unpaired) electrons. The summed E-state index contributed by atoms with van der Waals surface area (Å²) in [4.78, 5) is 14.4. The van der Waals surface area contributed by atoms with Crippen LogP contribution >= 0.6 is 0 Å². The maximum Gasteiger partial charge on any atom is 0.259 e. The van der Waals surface area contributed by atoms with Gasteiger partial charge in [-0.3, -0.25) is 9.89 Å². The van der Waals surface area contributed by atoms with Crippen molar-refractivity contribution in [2.75, 3.05) is 18.9 Å². The second-order valence-corrected chi connectivity index (χ2v) is 4.77. The van der Waals surface area contributed by atoms with Crippen LogP contribution in [-0.2, 0) is 4.74 Å². The smallest absolute Gasteiger partial charge is 0.259 e. The van der Waals surface area contributed by atoms with E-state index >= 15 is 0 Å². The van der Waals surface area contributed by atoms with Crippen LogP contribution in [0.1, 0.15) is 36.3 Å². The summed E-state index contributed by atoms with van der Waals surface area (Å²) in [6.45, 7) is 7.01. The van der Waals surface area contributed by atoms with Crippen LogP contribution in [0.4, 0.5) is 5.82 Å². The number of anilines is 1. The summed E-state index contributed by atoms with van der Waals surface area (Å²) in [7, 11) is 0. The second-order valence-electron chi connectivity index (χ2n) is 4.77. The van der Waals surface area contributed by atoms with Crippen LogP contribution < -0.4 is 5.73 Å². The Morgan fingerprint density at radius 1 is 1.67 bits per heavy atom. The van der Waals surface area contributed by atoms with Crippen molar-refractivity contribution in [2.24, 2.45) is 0 Å². The van der Waals surface area contributed by atoms with E-state index in [2.05, 4.69) is 17.1 Å². The van der Waals surface area contributed by atoms with E-state index in [1.165, 1.54) is 0 Å². The number of H-pyrrole nitrogens is 1. The van der Waals surface area contributed by atoms with Gasteiger partial charge in [-0.05, 0) is 20.3 Å². The fraction of sp³-hybridized carbons (Fsp3) is 0.667. The highest BCUT2D eigenvalue weighted by molar-refractivity contribution is 5.99. The summed E-state index contributed by atoms with van der Waals surface area (Å²) in [6.07, 6.45) is 0.931. The molecular weight excluding hydrogens is 232 g/mol. The molecule has 0 bridgehead atoms. The predicted molar refractivity (Wildman–Crippen MR) is 68.3 cm³/mol. The summed E-state index contributed by atoms with van der Waals surface area (Å²) >= 11 is 0. The Bertz CT molecular complexity index is 424. The third kappa shape index (κ3) is 2.20. The zero-order chi connectivity index (χ0) is 13.3. The first kappa shape index (κ1) is 12.9. The number of aryl methyl sites for hydroxylation is 1. The molecule has 6 nitrogen and oxygen atoms in total. The number of carbonyl (C=O) groups is 1. The van der Waals surface area contributed by atoms with Gasteiger partial charge in [-0.15, -0.1) is 0 Å². The van der Waals surface area contributed by atoms with Crippen molar-refractivity contribution in [2.45, 2.75) is 39.3 Å². The van der Waals surface area contributed by atoms with E-state index in [0.29, 0.717) is 24.4 Å². The number of nitrogens with zero attached hydrogens (tertiary/aromatic N) is 2. The Morgan fingerprint density at radius 2 is 2.39 bits per heavy atom. The molecule has 2 unspecified atom stereocenters. The maximum absolute atomic E-state index is 12.5. The number of ether oxygens (including phenoxy) is 1. The molecule has 1 aromatic rings. The Kier molecular flexibility index (Phi) is 3.56. The van der Waals surface area contributed by atoms with Gasteiger partial charge >= 0.3 is 0 Å². The van der Waals surface area contributed by atoms with E-state index in [4.69, 9.17) is 10.5 Å². The van der Waals surface area contributed by atoms with E-state index in [1.54, 1.807) is 6.92 Å². The molecule has 1 aromatic heterocycles. The van der Waals surface area contributed by atoms with Crippen molar-refractivity contribution < 1.29 is 9.53 Å². The molecule has 0 aromatic carbocycles. The molecular formula is C12H20N4O2. The summed E-state index contributed by atoms with van der Waals surface area (Å²) in [6, 6.07) is 0.113. The molecule has 1 aliphatic heterocycles. The lowest BCUT2D eigenvalue weighted by Crippen LogP contribution is -2.51. The van der Waals surface area contributed by atoms with Crippen LogP contribution in [0, 0.1) is 6.92 Å². The van der Waals surface area contributed by atoms with E-state index in [9.17, 15) is 4.79 Å². The van der Waals surface area contributed by atoms with Crippen molar-refractivity contribution in [3.63, 3.8) is 0 Å². The quantitative estimate of drug-likeness (QED) is 0.820. The van der Waals surface area contributed by atoms with Crippen LogP contribution in [0.25, 0.3) is 0 Å². The van der Waals surface area contributed by atoms with Crippen LogP contribution in [0.2, 0.25) is 0 Å². The van der Waals surface area contributed by atoms with Crippen molar-refractivity contribution in [3.05, 3.63) is 11.3 Å². The summed E-state index contributed by atoms with van der Waals surface area (Å²) in [5.74, 6) is 0.215. The number of hydrogen-bond donors (Lipinski definition) is 2. The molecule has 0 saturated carbocycles. The first-order valence-electron chi connectivity index (χ1n) is 6.27. The average molecular weight is 252 g/mol. The molecule has 2 heterocycles. The summed E-state index contributed by atoms with van der Waals surface area (Å²) in [5, 5.41) is 6.62. The van der Waals surface area contributed by atoms with Crippen molar-refractivity contribution >= 4 is 11.7 Å². The normalized spacial score (nSPS) is 24.3. The van der Waals surface area contributed by atoms with Gasteiger partial charge in [-0.2, -0.15) is 5.10 Å². The van der Waals surface area contributed by atoms with E-state index < -0.39 is 0 Å². The van der Waals surface area contributed by atoms with Gasteiger partial charge < -0.3 is 15.4 Å². The molecule has 1 aliphatic rings. The standard InChI is InChI=1S/C12H20N4O2/c1-4-9-6-18-7(2)5-16(9)12(17)10-8(3)14-15-11(10)13/h7,9H,4-6H2,1-3H3,(H3,13,14,15). The Labute approximate surface area is 106 Å². The van der Waals surface area contributed by atoms with E-state index in [0.717, 1.165) is 6.42 Å². The Balaban J connectivity index is 2.26. The topological polar surface area (TPSA) is 84.2 Å². The van der Waals surface area contributed by atoms with E-state index in [1.807, 2.05) is 11.8 Å². The molecule has 0 spiro atoms. The number of nitrogens with one attached hydrogen (secondary N) is 1. The number of aromatic nitrogens is 2. The number of aromatic amines is 1. The number of carbonyl (C=O) groups excluding carboxylic acids is 1. The van der Waals surface area contributed by atoms with Gasteiger partial charge in [0, 0.05) is 12.2 Å². The fourth-order valence-corrected chi connectivity index (χ4v) is 2.29. The monoisotopic (exact) mass is 252 g/mol. The minimum Gasteiger partial charge on any atom is -0.382 e. The van der Waals surface area contributed by atoms with Crippen LogP contribution in [0.3, 0.4) is 0 Å². The van der Waals surface area contributed by atoms with Crippen LogP contribution in [0.5, 0.6) is 0 Å². The van der Waals surface area contributed by atoms with Crippen molar-refractivity contribution in [3.8, 4) is 0 Å². The summed E-state index contributed by atoms with van der Waals surface area (Å²) < 4.78 is 5.59. The Morgan fingerprint density at radius 3 is 2.94 bits per heavy atom. The number of nitrogen functional groups attached to an aromatic ring is 1. The molecule has 18 heavy (non-hydrogen) atoms. The number of amides is 1. The lowest BCUT2D eigenvalue weighted by atomic mass is 10.1. The minimum atomic E-state index is -0.0549. The minimum absolute atomic E-state index is 0.0549. The molecule has 2 rings (SSSR count). The van der Waals surface area contributed by atoms with Gasteiger partial charge in [-0.25, -0.2) is 0 Å². The zero-order valence-corrected chi connectivity index (χ0v) is 11.1. The molecule has 2 atom stereocenters. The molecule has 1 amide bonds. The molecule has 0 aliphatic carbocycles. The first-order chi connectivity index (χ1) is 8.54. The van der Waals surface area contributed by atoms with Gasteiger partial charge in [0.1, 0.15) is 5.56 Å². The van der Waals surface area contributed by atoms with Gasteiger partial charge in [0.05, 0.1) is 18.8 Å². The van der Waals surface area contributed by atoms with Gasteiger partial charge in [0.2, 0.25) is 0 Å². The number of nitrogens with two attached hydrogens (primary N) is 1. The van der Waals surface area contributed by atoms with Gasteiger partial charge in [-0.1, -0.05) is 6.92 Å². The molecule has 100 valence electrons. The number of morpholine rings is 1. The average Bonchev–Trinajstić information content (AvgIpc) is 2.68. The van der Waals surface area contributed by atoms with Crippen molar-refractivity contribution in [1.29, 1.82) is 0 Å². The van der Waals surface area contributed by atoms with Gasteiger partial charge in [0.25, 0.3) is 5.91 Å². The SMILES string of the molecule is CCC1COC(C)CN1C(=O)c1c(N)n[nH]c1C. The maximum atomic E-state index is 12.5. The lowest BCUT2D eigenvalue weighted by molar-refractivity contribution is -0.0443. The van der Waals surface area contributed by atoms with Crippen molar-refractivity contribution in [1.82, 2.24) is 15.1 Å². The third-order valence-corrected chi connectivity index (χ3v) is 3.39. The molecule has 3 N–H and O–H groups in total. The lowest BCUT2D eigenvalue weighted by Gasteiger charge is -2.38. The highest BCUT2D eigenvalue weighted by Crippen LogP contribution is 2.21. The van der Waals surface area contributed by atoms with Crippen LogP contribution in [0.15, 0.2) is 0 Å². The largest absolute Gasteiger partial charge is 0.382 e. The summed E-state index contributed by atoms with van der Waals surface area (Å²) in [5.41, 5.74) is 6.95.